The van der Waals surface area contributed by atoms with Gasteiger partial charge in [0.1, 0.15) is 11.6 Å². The maximum atomic E-state index is 10.5. The van der Waals surface area contributed by atoms with Gasteiger partial charge in [-0.15, -0.1) is 0 Å². The highest BCUT2D eigenvalue weighted by molar-refractivity contribution is 6.32. The summed E-state index contributed by atoms with van der Waals surface area (Å²) in [5, 5.41) is 15.2. The van der Waals surface area contributed by atoms with E-state index in [0.29, 0.717) is 22.0 Å². The zero-order chi connectivity index (χ0) is 14.3. The fraction of sp³-hybridized carbons (Fsp3) is 0.357. The van der Waals surface area contributed by atoms with Crippen molar-refractivity contribution in [2.75, 3.05) is 5.73 Å². The predicted octanol–water partition coefficient (Wildman–Crippen LogP) is 3.46. The zero-order valence-corrected chi connectivity index (χ0v) is 12.3. The maximum absolute atomic E-state index is 10.5. The van der Waals surface area contributed by atoms with E-state index in [-0.39, 0.29) is 11.7 Å². The first-order chi connectivity index (χ1) is 8.84. The lowest BCUT2D eigenvalue weighted by Crippen LogP contribution is -2.00. The molecule has 0 saturated heterocycles. The summed E-state index contributed by atoms with van der Waals surface area (Å²) in [6.45, 7) is 5.89. The van der Waals surface area contributed by atoms with Crippen LogP contribution in [0.3, 0.4) is 0 Å². The van der Waals surface area contributed by atoms with Crippen molar-refractivity contribution >= 4 is 17.4 Å². The smallest absolute Gasteiger partial charge is 0.129 e. The molecule has 2 rings (SSSR count). The first-order valence-electron chi connectivity index (χ1n) is 6.14. The molecular formula is C14H18ClN3O. The van der Waals surface area contributed by atoms with E-state index in [2.05, 4.69) is 5.10 Å². The number of benzene rings is 1. The highest BCUT2D eigenvalue weighted by Gasteiger charge is 2.20. The summed E-state index contributed by atoms with van der Waals surface area (Å²) in [7, 11) is 1.76. The lowest BCUT2D eigenvalue weighted by Gasteiger charge is -2.16. The second-order valence-electron chi connectivity index (χ2n) is 5.02. The van der Waals surface area contributed by atoms with Crippen LogP contribution in [0.2, 0.25) is 5.02 Å². The summed E-state index contributed by atoms with van der Waals surface area (Å²) in [4.78, 5) is 0. The molecule has 1 aromatic carbocycles. The number of aromatic nitrogens is 2. The molecule has 0 aliphatic carbocycles. The van der Waals surface area contributed by atoms with Crippen LogP contribution in [0.5, 0.6) is 5.75 Å². The Kier molecular flexibility index (Phi) is 3.45. The van der Waals surface area contributed by atoms with Gasteiger partial charge >= 0.3 is 0 Å². The Morgan fingerprint density at radius 3 is 2.53 bits per heavy atom. The van der Waals surface area contributed by atoms with Gasteiger partial charge in [0, 0.05) is 23.2 Å². The third-order valence-electron chi connectivity index (χ3n) is 3.40. The van der Waals surface area contributed by atoms with Gasteiger partial charge in [0.15, 0.2) is 0 Å². The molecule has 1 heterocycles. The Bertz CT molecular complexity index is 632. The molecule has 19 heavy (non-hydrogen) atoms. The van der Waals surface area contributed by atoms with Crippen LogP contribution in [-0.2, 0) is 7.05 Å². The number of nitrogens with two attached hydrogens (primary N) is 1. The first-order valence-corrected chi connectivity index (χ1v) is 6.52. The fourth-order valence-electron chi connectivity index (χ4n) is 2.16. The van der Waals surface area contributed by atoms with Crippen molar-refractivity contribution in [2.45, 2.75) is 26.7 Å². The van der Waals surface area contributed by atoms with E-state index in [0.717, 1.165) is 11.1 Å². The van der Waals surface area contributed by atoms with Gasteiger partial charge in [0.25, 0.3) is 0 Å². The zero-order valence-electron chi connectivity index (χ0n) is 11.5. The second kappa shape index (κ2) is 4.78. The van der Waals surface area contributed by atoms with Crippen molar-refractivity contribution < 1.29 is 5.11 Å². The molecule has 2 aromatic rings. The number of hydrogen-bond donors (Lipinski definition) is 2. The third-order valence-corrected chi connectivity index (χ3v) is 3.79. The van der Waals surface area contributed by atoms with E-state index in [1.54, 1.807) is 17.9 Å². The molecule has 0 spiro atoms. The maximum Gasteiger partial charge on any atom is 0.129 e. The average Bonchev–Trinajstić information content (AvgIpc) is 2.66. The molecular weight excluding hydrogens is 262 g/mol. The number of hydrogen-bond acceptors (Lipinski definition) is 3. The summed E-state index contributed by atoms with van der Waals surface area (Å²) in [5.41, 5.74) is 9.00. The number of rotatable bonds is 2. The van der Waals surface area contributed by atoms with Gasteiger partial charge in [0.05, 0.1) is 6.20 Å². The molecule has 0 saturated carbocycles. The highest BCUT2D eigenvalue weighted by atomic mass is 35.5. The Morgan fingerprint density at radius 1 is 1.42 bits per heavy atom. The standard InChI is InChI=1S/C14H18ClN3O/c1-7(2)9-5-11(15)8(3)12(13(9)19)10-6-17-18(4)14(10)16/h5-7,19H,16H2,1-4H3. The Hall–Kier alpha value is -1.68. The van der Waals surface area contributed by atoms with E-state index in [1.807, 2.05) is 26.8 Å². The Labute approximate surface area is 117 Å². The average molecular weight is 280 g/mol. The minimum atomic E-state index is 0.176. The number of phenolic OH excluding ortho intramolecular Hbond substituents is 1. The van der Waals surface area contributed by atoms with Gasteiger partial charge in [-0.2, -0.15) is 5.10 Å². The molecule has 1 aromatic heterocycles. The number of phenols is 1. The molecule has 102 valence electrons. The van der Waals surface area contributed by atoms with Gasteiger partial charge in [0.2, 0.25) is 0 Å². The van der Waals surface area contributed by atoms with Crippen molar-refractivity contribution in [3.8, 4) is 16.9 Å². The lowest BCUT2D eigenvalue weighted by molar-refractivity contribution is 0.466. The van der Waals surface area contributed by atoms with E-state index in [1.165, 1.54) is 0 Å². The quantitative estimate of drug-likeness (QED) is 0.885. The van der Waals surface area contributed by atoms with E-state index >= 15 is 0 Å². The second-order valence-corrected chi connectivity index (χ2v) is 5.43. The number of aryl methyl sites for hydroxylation is 1. The monoisotopic (exact) mass is 279 g/mol. The Morgan fingerprint density at radius 2 is 2.05 bits per heavy atom. The summed E-state index contributed by atoms with van der Waals surface area (Å²) in [5.74, 6) is 0.918. The molecule has 0 bridgehead atoms. The largest absolute Gasteiger partial charge is 0.507 e. The van der Waals surface area contributed by atoms with Gasteiger partial charge in [-0.3, -0.25) is 4.68 Å². The van der Waals surface area contributed by atoms with Crippen molar-refractivity contribution in [3.05, 3.63) is 28.4 Å². The molecule has 3 N–H and O–H groups in total. The molecule has 0 radical (unpaired) electrons. The van der Waals surface area contributed by atoms with E-state index in [4.69, 9.17) is 17.3 Å². The van der Waals surface area contributed by atoms with Crippen LogP contribution in [0.15, 0.2) is 12.3 Å². The first kappa shape index (κ1) is 13.7. The van der Waals surface area contributed by atoms with Crippen LogP contribution >= 0.6 is 11.6 Å². The molecule has 0 amide bonds. The molecule has 0 aliphatic heterocycles. The molecule has 0 unspecified atom stereocenters. The molecule has 5 heteroatoms. The molecule has 4 nitrogen and oxygen atoms in total. The SMILES string of the molecule is Cc1c(Cl)cc(C(C)C)c(O)c1-c1cnn(C)c1N. The number of nitrogen functional groups attached to an aromatic ring is 1. The molecule has 0 fully saturated rings. The van der Waals surface area contributed by atoms with Gasteiger partial charge in [-0.25, -0.2) is 0 Å². The molecule has 0 atom stereocenters. The van der Waals surface area contributed by atoms with Crippen LogP contribution < -0.4 is 5.73 Å². The summed E-state index contributed by atoms with van der Waals surface area (Å²) in [6, 6.07) is 1.81. The van der Waals surface area contributed by atoms with Gasteiger partial charge < -0.3 is 10.8 Å². The van der Waals surface area contributed by atoms with E-state index in [9.17, 15) is 5.11 Å². The topological polar surface area (TPSA) is 64.1 Å². The van der Waals surface area contributed by atoms with Crippen molar-refractivity contribution in [1.82, 2.24) is 9.78 Å². The van der Waals surface area contributed by atoms with Crippen LogP contribution in [0.4, 0.5) is 5.82 Å². The third kappa shape index (κ3) is 2.16. The van der Waals surface area contributed by atoms with Crippen LogP contribution in [0, 0.1) is 6.92 Å². The number of nitrogens with zero attached hydrogens (tertiary/aromatic N) is 2. The van der Waals surface area contributed by atoms with Gasteiger partial charge in [-0.05, 0) is 30.0 Å². The van der Waals surface area contributed by atoms with Crippen LogP contribution in [-0.4, -0.2) is 14.9 Å². The van der Waals surface area contributed by atoms with E-state index < -0.39 is 0 Å². The Balaban J connectivity index is 2.79. The van der Waals surface area contributed by atoms with Crippen LogP contribution in [0.25, 0.3) is 11.1 Å². The van der Waals surface area contributed by atoms with Gasteiger partial charge in [-0.1, -0.05) is 25.4 Å². The van der Waals surface area contributed by atoms with Crippen molar-refractivity contribution in [3.63, 3.8) is 0 Å². The summed E-state index contributed by atoms with van der Waals surface area (Å²) < 4.78 is 1.57. The normalized spacial score (nSPS) is 11.3. The van der Waals surface area contributed by atoms with Crippen molar-refractivity contribution in [1.29, 1.82) is 0 Å². The fourth-order valence-corrected chi connectivity index (χ4v) is 2.38. The number of aromatic hydroxyl groups is 1. The predicted molar refractivity (Wildman–Crippen MR) is 78.6 cm³/mol. The molecule has 0 aliphatic rings. The minimum absolute atomic E-state index is 0.176. The van der Waals surface area contributed by atoms with Crippen molar-refractivity contribution in [2.24, 2.45) is 7.05 Å². The highest BCUT2D eigenvalue weighted by Crippen LogP contribution is 2.43. The summed E-state index contributed by atoms with van der Waals surface area (Å²) in [6.07, 6.45) is 1.65. The minimum Gasteiger partial charge on any atom is -0.507 e. The van der Waals surface area contributed by atoms with Crippen LogP contribution in [0.1, 0.15) is 30.9 Å². The number of halogens is 1. The number of anilines is 1. The lowest BCUT2D eigenvalue weighted by atomic mass is 9.93. The summed E-state index contributed by atoms with van der Waals surface area (Å²) >= 11 is 6.26.